The molecule has 2 heteroatoms. The summed E-state index contributed by atoms with van der Waals surface area (Å²) < 4.78 is 5.95. The van der Waals surface area contributed by atoms with Gasteiger partial charge in [0.25, 0.3) is 0 Å². The molecule has 2 aliphatic heterocycles. The largest absolute Gasteiger partial charge is 0.488 e. The molecule has 2 aromatic rings. The minimum Gasteiger partial charge on any atom is -0.488 e. The van der Waals surface area contributed by atoms with Crippen molar-refractivity contribution < 1.29 is 4.74 Å². The highest BCUT2D eigenvalue weighted by Crippen LogP contribution is 2.44. The zero-order chi connectivity index (χ0) is 14.6. The van der Waals surface area contributed by atoms with Crippen LogP contribution in [0.15, 0.2) is 42.5 Å². The maximum absolute atomic E-state index is 5.95. The first-order valence-electron chi connectivity index (χ1n) is 7.39. The van der Waals surface area contributed by atoms with Crippen molar-refractivity contribution in [3.63, 3.8) is 0 Å². The Labute approximate surface area is 125 Å². The molecule has 0 aliphatic carbocycles. The molecule has 0 bridgehead atoms. The van der Waals surface area contributed by atoms with Crippen LogP contribution in [0.5, 0.6) is 5.75 Å². The second kappa shape index (κ2) is 4.14. The van der Waals surface area contributed by atoms with Crippen LogP contribution in [0, 0.1) is 0 Å². The lowest BCUT2D eigenvalue weighted by Gasteiger charge is -2.40. The second-order valence-corrected chi connectivity index (χ2v) is 6.36. The Balaban J connectivity index is 1.95. The fraction of sp³-hybridized carbons (Fsp3) is 0.263. The summed E-state index contributed by atoms with van der Waals surface area (Å²) in [5.74, 6) is 0.985. The van der Waals surface area contributed by atoms with Gasteiger partial charge >= 0.3 is 0 Å². The van der Waals surface area contributed by atoms with Crippen molar-refractivity contribution in [2.45, 2.75) is 26.0 Å². The molecule has 0 atom stereocenters. The molecule has 4 rings (SSSR count). The molecule has 21 heavy (non-hydrogen) atoms. The standard InChI is InChI=1S/C19H19NO/c1-19(2)11-10-14-16-12-21-18-7-5-4-6-15(18)13(16)8-9-17(14)20(19)3/h4-11H,12H2,1-3H3. The fourth-order valence-corrected chi connectivity index (χ4v) is 3.21. The van der Waals surface area contributed by atoms with Crippen LogP contribution in [0.2, 0.25) is 0 Å². The van der Waals surface area contributed by atoms with Crippen molar-refractivity contribution in [2.75, 3.05) is 11.9 Å². The normalized spacial score (nSPS) is 17.6. The number of ether oxygens (including phenoxy) is 1. The second-order valence-electron chi connectivity index (χ2n) is 6.36. The zero-order valence-electron chi connectivity index (χ0n) is 12.7. The molecule has 106 valence electrons. The summed E-state index contributed by atoms with van der Waals surface area (Å²) in [5, 5.41) is 0. The van der Waals surface area contributed by atoms with E-state index in [9.17, 15) is 0 Å². The van der Waals surface area contributed by atoms with E-state index >= 15 is 0 Å². The number of nitrogens with zero attached hydrogens (tertiary/aromatic N) is 1. The molecule has 0 fully saturated rings. The Hall–Kier alpha value is -2.22. The molecule has 0 N–H and O–H groups in total. The third-order valence-corrected chi connectivity index (χ3v) is 4.77. The van der Waals surface area contributed by atoms with Gasteiger partial charge in [-0.15, -0.1) is 0 Å². The predicted octanol–water partition coefficient (Wildman–Crippen LogP) is 4.49. The summed E-state index contributed by atoms with van der Waals surface area (Å²) in [7, 11) is 2.16. The van der Waals surface area contributed by atoms with E-state index in [4.69, 9.17) is 4.74 Å². The number of anilines is 1. The molecule has 0 amide bonds. The number of likely N-dealkylation sites (N-methyl/N-ethyl adjacent to an activating group) is 1. The Morgan fingerprint density at radius 3 is 2.71 bits per heavy atom. The summed E-state index contributed by atoms with van der Waals surface area (Å²) >= 11 is 0. The van der Waals surface area contributed by atoms with Crippen molar-refractivity contribution in [3.05, 3.63) is 53.6 Å². The summed E-state index contributed by atoms with van der Waals surface area (Å²) in [4.78, 5) is 2.34. The average molecular weight is 277 g/mol. The van der Waals surface area contributed by atoms with Crippen molar-refractivity contribution in [2.24, 2.45) is 0 Å². The average Bonchev–Trinajstić information content (AvgIpc) is 2.50. The van der Waals surface area contributed by atoms with E-state index in [2.05, 4.69) is 62.2 Å². The van der Waals surface area contributed by atoms with E-state index in [0.717, 1.165) is 5.75 Å². The van der Waals surface area contributed by atoms with Gasteiger partial charge in [-0.25, -0.2) is 0 Å². The van der Waals surface area contributed by atoms with Crippen LogP contribution in [-0.2, 0) is 6.61 Å². The summed E-state index contributed by atoms with van der Waals surface area (Å²) in [6.07, 6.45) is 4.53. The van der Waals surface area contributed by atoms with Crippen LogP contribution in [0.3, 0.4) is 0 Å². The first-order chi connectivity index (χ1) is 10.1. The molecule has 2 aliphatic rings. The number of fused-ring (bicyclic) bond motifs is 5. The number of benzene rings is 2. The lowest BCUT2D eigenvalue weighted by molar-refractivity contribution is 0.302. The van der Waals surface area contributed by atoms with Gasteiger partial charge < -0.3 is 9.64 Å². The SMILES string of the molecule is CN1c2ccc3c(c2C=CC1(C)C)COc1ccccc1-3. The Morgan fingerprint density at radius 1 is 1.05 bits per heavy atom. The van der Waals surface area contributed by atoms with Gasteiger partial charge in [0, 0.05) is 29.4 Å². The van der Waals surface area contributed by atoms with E-state index in [1.165, 1.54) is 27.9 Å². The summed E-state index contributed by atoms with van der Waals surface area (Å²) in [5.41, 5.74) is 6.42. The number of hydrogen-bond donors (Lipinski definition) is 0. The van der Waals surface area contributed by atoms with Crippen LogP contribution >= 0.6 is 0 Å². The zero-order valence-corrected chi connectivity index (χ0v) is 12.7. The predicted molar refractivity (Wildman–Crippen MR) is 87.7 cm³/mol. The molecule has 0 aromatic heterocycles. The summed E-state index contributed by atoms with van der Waals surface area (Å²) in [6, 6.07) is 12.8. The molecular formula is C19H19NO. The quantitative estimate of drug-likeness (QED) is 0.703. The van der Waals surface area contributed by atoms with Gasteiger partial charge in [0.2, 0.25) is 0 Å². The van der Waals surface area contributed by atoms with Crippen molar-refractivity contribution in [1.29, 1.82) is 0 Å². The van der Waals surface area contributed by atoms with Crippen LogP contribution in [0.25, 0.3) is 17.2 Å². The molecule has 2 aromatic carbocycles. The number of para-hydroxylation sites is 1. The Bertz CT molecular complexity index is 758. The van der Waals surface area contributed by atoms with Gasteiger partial charge in [0.05, 0.1) is 5.54 Å². The molecule has 0 unspecified atom stereocenters. The molecule has 0 spiro atoms. The Kier molecular flexibility index (Phi) is 2.47. The maximum Gasteiger partial charge on any atom is 0.127 e. The highest BCUT2D eigenvalue weighted by Gasteiger charge is 2.29. The van der Waals surface area contributed by atoms with Gasteiger partial charge in [0.1, 0.15) is 12.4 Å². The molecule has 0 saturated carbocycles. The lowest BCUT2D eigenvalue weighted by atomic mass is 9.87. The minimum atomic E-state index is 0.0503. The van der Waals surface area contributed by atoms with Crippen LogP contribution in [0.1, 0.15) is 25.0 Å². The van der Waals surface area contributed by atoms with E-state index in [1.54, 1.807) is 0 Å². The van der Waals surface area contributed by atoms with Crippen LogP contribution in [-0.4, -0.2) is 12.6 Å². The van der Waals surface area contributed by atoms with E-state index in [-0.39, 0.29) is 5.54 Å². The van der Waals surface area contributed by atoms with E-state index in [1.807, 2.05) is 12.1 Å². The molecule has 0 radical (unpaired) electrons. The van der Waals surface area contributed by atoms with Gasteiger partial charge in [0.15, 0.2) is 0 Å². The van der Waals surface area contributed by atoms with E-state index < -0.39 is 0 Å². The minimum absolute atomic E-state index is 0.0503. The third-order valence-electron chi connectivity index (χ3n) is 4.77. The van der Waals surface area contributed by atoms with Gasteiger partial charge in [-0.05, 0) is 31.5 Å². The van der Waals surface area contributed by atoms with Gasteiger partial charge in [-0.1, -0.05) is 36.4 Å². The van der Waals surface area contributed by atoms with Crippen LogP contribution < -0.4 is 9.64 Å². The topological polar surface area (TPSA) is 12.5 Å². The number of rotatable bonds is 0. The molecular weight excluding hydrogens is 258 g/mol. The summed E-state index contributed by atoms with van der Waals surface area (Å²) in [6.45, 7) is 5.11. The van der Waals surface area contributed by atoms with Gasteiger partial charge in [-0.2, -0.15) is 0 Å². The van der Waals surface area contributed by atoms with Crippen molar-refractivity contribution in [3.8, 4) is 16.9 Å². The maximum atomic E-state index is 5.95. The monoisotopic (exact) mass is 277 g/mol. The molecule has 2 nitrogen and oxygen atoms in total. The lowest BCUT2D eigenvalue weighted by Crippen LogP contribution is -2.41. The van der Waals surface area contributed by atoms with Gasteiger partial charge in [-0.3, -0.25) is 0 Å². The molecule has 2 heterocycles. The first-order valence-corrected chi connectivity index (χ1v) is 7.39. The third kappa shape index (κ3) is 1.72. The first kappa shape index (κ1) is 12.5. The van der Waals surface area contributed by atoms with Crippen molar-refractivity contribution >= 4 is 11.8 Å². The van der Waals surface area contributed by atoms with Crippen LogP contribution in [0.4, 0.5) is 5.69 Å². The van der Waals surface area contributed by atoms with E-state index in [0.29, 0.717) is 6.61 Å². The smallest absolute Gasteiger partial charge is 0.127 e. The highest BCUT2D eigenvalue weighted by atomic mass is 16.5. The van der Waals surface area contributed by atoms with Crippen molar-refractivity contribution in [1.82, 2.24) is 0 Å². The number of hydrogen-bond acceptors (Lipinski definition) is 2. The highest BCUT2D eigenvalue weighted by molar-refractivity contribution is 5.85. The fourth-order valence-electron chi connectivity index (χ4n) is 3.21. The Morgan fingerprint density at radius 2 is 1.86 bits per heavy atom. The molecule has 0 saturated heterocycles.